The molecule has 0 aliphatic heterocycles. The Hall–Kier alpha value is -3.37. The first-order chi connectivity index (χ1) is 16.3. The summed E-state index contributed by atoms with van der Waals surface area (Å²) in [4.78, 5) is 20.4. The number of nitrogens with zero attached hydrogens (tertiary/aromatic N) is 1. The van der Waals surface area contributed by atoms with E-state index in [4.69, 9.17) is 4.74 Å². The average Bonchev–Trinajstić information content (AvgIpc) is 3.24. The molecule has 0 spiro atoms. The summed E-state index contributed by atoms with van der Waals surface area (Å²) in [7, 11) is -1.56. The van der Waals surface area contributed by atoms with Crippen molar-refractivity contribution in [3.05, 3.63) is 77.5 Å². The van der Waals surface area contributed by atoms with Crippen LogP contribution in [0.5, 0.6) is 0 Å². The van der Waals surface area contributed by atoms with Gasteiger partial charge in [0.1, 0.15) is 25.3 Å². The summed E-state index contributed by atoms with van der Waals surface area (Å²) in [5.41, 5.74) is 5.22. The van der Waals surface area contributed by atoms with Gasteiger partial charge in [0.05, 0.1) is 17.9 Å². The van der Waals surface area contributed by atoms with Crippen LogP contribution in [0.4, 0.5) is 9.18 Å². The number of halogens is 1. The van der Waals surface area contributed by atoms with Crippen LogP contribution in [0.15, 0.2) is 54.7 Å². The first-order valence-electron chi connectivity index (χ1n) is 11.7. The number of ether oxygens (including phenoxy) is 1. The zero-order valence-corrected chi connectivity index (χ0v) is 22.5. The van der Waals surface area contributed by atoms with Gasteiger partial charge in [0, 0.05) is 17.0 Å². The van der Waals surface area contributed by atoms with E-state index in [0.717, 1.165) is 5.56 Å². The molecule has 1 heterocycles. The summed E-state index contributed by atoms with van der Waals surface area (Å²) in [5.74, 6) is 3.11. The van der Waals surface area contributed by atoms with Gasteiger partial charge in [0.2, 0.25) is 0 Å². The van der Waals surface area contributed by atoms with Gasteiger partial charge in [-0.2, -0.15) is 0 Å². The van der Waals surface area contributed by atoms with Gasteiger partial charge in [-0.05, 0) is 44.5 Å². The second kappa shape index (κ2) is 10.5. The number of aromatic amines is 1. The van der Waals surface area contributed by atoms with Gasteiger partial charge in [0.25, 0.3) is 0 Å². The molecule has 0 unspecified atom stereocenters. The Labute approximate surface area is 208 Å². The minimum Gasteiger partial charge on any atom is -0.444 e. The van der Waals surface area contributed by atoms with Crippen molar-refractivity contribution in [1.82, 2.24) is 15.3 Å². The molecule has 0 fully saturated rings. The largest absolute Gasteiger partial charge is 0.444 e. The van der Waals surface area contributed by atoms with Crippen LogP contribution in [0.2, 0.25) is 19.6 Å². The van der Waals surface area contributed by atoms with Crippen molar-refractivity contribution < 1.29 is 13.9 Å². The molecule has 0 saturated carbocycles. The smallest absolute Gasteiger partial charge is 0.408 e. The molecule has 1 amide bonds. The lowest BCUT2D eigenvalue weighted by Gasteiger charge is -2.26. The molecule has 35 heavy (non-hydrogen) atoms. The van der Waals surface area contributed by atoms with Crippen molar-refractivity contribution >= 4 is 14.2 Å². The topological polar surface area (TPSA) is 67.0 Å². The first-order valence-corrected chi connectivity index (χ1v) is 15.2. The van der Waals surface area contributed by atoms with Crippen molar-refractivity contribution in [2.75, 3.05) is 0 Å². The Kier molecular flexibility index (Phi) is 7.86. The van der Waals surface area contributed by atoms with Crippen LogP contribution in [0, 0.1) is 17.3 Å². The molecule has 2 N–H and O–H groups in total. The predicted molar refractivity (Wildman–Crippen MR) is 141 cm³/mol. The van der Waals surface area contributed by atoms with Crippen molar-refractivity contribution in [2.24, 2.45) is 0 Å². The quantitative estimate of drug-likeness (QED) is 0.304. The fraction of sp³-hybridized carbons (Fsp3) is 0.357. The number of aromatic nitrogens is 2. The molecule has 2 atom stereocenters. The lowest BCUT2D eigenvalue weighted by Crippen LogP contribution is -2.37. The second-order valence-corrected chi connectivity index (χ2v) is 15.4. The molecule has 0 aliphatic carbocycles. The molecule has 7 heteroatoms. The molecule has 3 aromatic rings. The molecule has 0 saturated heterocycles. The van der Waals surface area contributed by atoms with E-state index in [1.807, 2.05) is 64.1 Å². The molecule has 0 radical (unpaired) electrons. The zero-order valence-electron chi connectivity index (χ0n) is 21.5. The Morgan fingerprint density at radius 3 is 2.43 bits per heavy atom. The average molecular weight is 492 g/mol. The molecule has 5 nitrogen and oxygen atoms in total. The van der Waals surface area contributed by atoms with E-state index in [9.17, 15) is 9.18 Å². The van der Waals surface area contributed by atoms with Crippen LogP contribution in [0.3, 0.4) is 0 Å². The number of carbonyl (C=O) groups is 1. The molecule has 0 bridgehead atoms. The van der Waals surface area contributed by atoms with E-state index in [-0.39, 0.29) is 11.7 Å². The number of alkyl carbamates (subject to hydrolysis) is 1. The summed E-state index contributed by atoms with van der Waals surface area (Å²) in [6.07, 6.45) is 1.04. The number of hydrogen-bond acceptors (Lipinski definition) is 3. The third-order valence-corrected chi connectivity index (χ3v) is 6.10. The molecule has 0 aliphatic rings. The lowest BCUT2D eigenvalue weighted by atomic mass is 9.93. The van der Waals surface area contributed by atoms with Gasteiger partial charge >= 0.3 is 6.09 Å². The Balaban J connectivity index is 1.92. The van der Waals surface area contributed by atoms with Crippen molar-refractivity contribution in [2.45, 2.75) is 64.9 Å². The number of hydrogen-bond donors (Lipinski definition) is 2. The maximum Gasteiger partial charge on any atom is 0.408 e. The van der Waals surface area contributed by atoms with Crippen LogP contribution in [0.25, 0.3) is 11.3 Å². The number of rotatable bonds is 5. The first kappa shape index (κ1) is 26.2. The highest BCUT2D eigenvalue weighted by atomic mass is 28.3. The van der Waals surface area contributed by atoms with Crippen molar-refractivity contribution in [3.63, 3.8) is 0 Å². The summed E-state index contributed by atoms with van der Waals surface area (Å²) >= 11 is 0. The van der Waals surface area contributed by atoms with Crippen molar-refractivity contribution in [1.29, 1.82) is 0 Å². The summed E-state index contributed by atoms with van der Waals surface area (Å²) in [6.45, 7) is 13.9. The van der Waals surface area contributed by atoms with E-state index in [1.165, 1.54) is 6.07 Å². The van der Waals surface area contributed by atoms with Gasteiger partial charge < -0.3 is 15.0 Å². The van der Waals surface area contributed by atoms with Crippen LogP contribution in [-0.2, 0) is 4.74 Å². The van der Waals surface area contributed by atoms with Crippen LogP contribution in [0.1, 0.15) is 56.6 Å². The summed E-state index contributed by atoms with van der Waals surface area (Å²) in [6, 6.07) is 14.3. The number of amides is 1. The van der Waals surface area contributed by atoms with E-state index in [1.54, 1.807) is 12.3 Å². The normalized spacial score (nSPS) is 13.4. The minimum absolute atomic E-state index is 0.119. The van der Waals surface area contributed by atoms with Crippen LogP contribution >= 0.6 is 0 Å². The zero-order chi connectivity index (χ0) is 25.8. The second-order valence-electron chi connectivity index (χ2n) is 10.7. The van der Waals surface area contributed by atoms with Crippen LogP contribution < -0.4 is 5.32 Å². The third-order valence-electron chi connectivity index (χ3n) is 5.23. The number of imidazole rings is 1. The predicted octanol–water partition coefficient (Wildman–Crippen LogP) is 6.81. The maximum atomic E-state index is 15.0. The van der Waals surface area contributed by atoms with E-state index < -0.39 is 25.8 Å². The fourth-order valence-corrected chi connectivity index (χ4v) is 4.04. The Bertz CT molecular complexity index is 1230. The number of carbonyl (C=O) groups excluding carboxylic acids is 1. The lowest BCUT2D eigenvalue weighted by molar-refractivity contribution is 0.0494. The molecule has 3 rings (SSSR count). The minimum atomic E-state index is -1.56. The Morgan fingerprint density at radius 2 is 1.83 bits per heavy atom. The SMILES string of the molecule is C[C@@H](c1ccccc1)[C@H](NC(=O)OC(C)(C)C)c1ncc(-c2ccc(C#C[Si](C)(C)C)cc2F)[nH]1. The highest BCUT2D eigenvalue weighted by Crippen LogP contribution is 2.31. The van der Waals surface area contributed by atoms with Gasteiger partial charge in [-0.1, -0.05) is 62.8 Å². The summed E-state index contributed by atoms with van der Waals surface area (Å²) in [5, 5.41) is 2.94. The van der Waals surface area contributed by atoms with E-state index in [2.05, 4.69) is 46.4 Å². The third kappa shape index (κ3) is 7.56. The monoisotopic (exact) mass is 491 g/mol. The molecular formula is C28H34FN3O2Si. The number of H-pyrrole nitrogens is 1. The van der Waals surface area contributed by atoms with E-state index in [0.29, 0.717) is 22.6 Å². The van der Waals surface area contributed by atoms with Gasteiger partial charge in [-0.15, -0.1) is 5.54 Å². The molecule has 184 valence electrons. The van der Waals surface area contributed by atoms with Gasteiger partial charge in [-0.3, -0.25) is 0 Å². The standard InChI is InChI=1S/C28H34FN3O2Si/c1-19(21-11-9-8-10-12-21)25(32-27(33)34-28(2,3)4)26-30-18-24(31-26)22-14-13-20(17-23(22)29)15-16-35(5,6)7/h8-14,17-19,25H,1-7H3,(H,30,31)(H,32,33)/t19-,25-/m0/s1. The highest BCUT2D eigenvalue weighted by Gasteiger charge is 2.28. The molecular weight excluding hydrogens is 457 g/mol. The Morgan fingerprint density at radius 1 is 1.14 bits per heavy atom. The molecule has 1 aromatic heterocycles. The molecule has 2 aromatic carbocycles. The maximum absolute atomic E-state index is 15.0. The van der Waals surface area contributed by atoms with Crippen LogP contribution in [-0.4, -0.2) is 29.7 Å². The number of benzene rings is 2. The number of nitrogens with one attached hydrogen (secondary N) is 2. The fourth-order valence-electron chi connectivity index (χ4n) is 3.52. The van der Waals surface area contributed by atoms with E-state index >= 15 is 0 Å². The highest BCUT2D eigenvalue weighted by molar-refractivity contribution is 6.83. The van der Waals surface area contributed by atoms with Gasteiger partial charge in [0.15, 0.2) is 0 Å². The summed E-state index contributed by atoms with van der Waals surface area (Å²) < 4.78 is 20.5. The van der Waals surface area contributed by atoms with Crippen molar-refractivity contribution in [3.8, 4) is 22.7 Å². The van der Waals surface area contributed by atoms with Gasteiger partial charge in [-0.25, -0.2) is 14.2 Å².